The highest BCUT2D eigenvalue weighted by atomic mass is 16.5. The molecule has 21 heavy (non-hydrogen) atoms. The number of ether oxygens (including phenoxy) is 1. The van der Waals surface area contributed by atoms with Crippen molar-refractivity contribution >= 4 is 0 Å². The van der Waals surface area contributed by atoms with Crippen molar-refractivity contribution in [2.75, 3.05) is 32.8 Å². The zero-order valence-electron chi connectivity index (χ0n) is 13.8. The van der Waals surface area contributed by atoms with Crippen LogP contribution < -0.4 is 10.1 Å². The van der Waals surface area contributed by atoms with E-state index in [1.165, 1.54) is 36.9 Å². The lowest BCUT2D eigenvalue weighted by Crippen LogP contribution is -2.39. The molecule has 1 aromatic rings. The Kier molecular flexibility index (Phi) is 6.52. The third kappa shape index (κ3) is 5.33. The van der Waals surface area contributed by atoms with Crippen LogP contribution in [0.1, 0.15) is 37.3 Å². The van der Waals surface area contributed by atoms with Gasteiger partial charge in [-0.25, -0.2) is 0 Å². The molecule has 1 heterocycles. The maximum absolute atomic E-state index is 6.00. The summed E-state index contributed by atoms with van der Waals surface area (Å²) < 4.78 is 6.00. The van der Waals surface area contributed by atoms with Crippen molar-refractivity contribution in [3.63, 3.8) is 0 Å². The standard InChI is InChI=1S/C18H30N2O/c1-4-10-20(14-17-6-5-9-19-17)11-12-21-18-13-15(2)7-8-16(18)3/h7-8,13,17,19H,4-6,9-12,14H2,1-3H3. The minimum absolute atomic E-state index is 0.678. The summed E-state index contributed by atoms with van der Waals surface area (Å²) in [4.78, 5) is 2.54. The van der Waals surface area contributed by atoms with E-state index in [1.807, 2.05) is 0 Å². The highest BCUT2D eigenvalue weighted by Gasteiger charge is 2.17. The van der Waals surface area contributed by atoms with Crippen molar-refractivity contribution < 1.29 is 4.74 Å². The molecule has 118 valence electrons. The molecule has 1 aliphatic heterocycles. The highest BCUT2D eigenvalue weighted by Crippen LogP contribution is 2.19. The Hall–Kier alpha value is -1.06. The number of hydrogen-bond acceptors (Lipinski definition) is 3. The highest BCUT2D eigenvalue weighted by molar-refractivity contribution is 5.35. The van der Waals surface area contributed by atoms with Crippen LogP contribution in [0.25, 0.3) is 0 Å². The smallest absolute Gasteiger partial charge is 0.122 e. The lowest BCUT2D eigenvalue weighted by molar-refractivity contribution is 0.196. The molecule has 3 nitrogen and oxygen atoms in total. The molecule has 0 saturated carbocycles. The van der Waals surface area contributed by atoms with Crippen LogP contribution in [-0.2, 0) is 0 Å². The first kappa shape index (κ1) is 16.3. The van der Waals surface area contributed by atoms with Crippen LogP contribution in [0.4, 0.5) is 0 Å². The number of aryl methyl sites for hydroxylation is 2. The zero-order valence-corrected chi connectivity index (χ0v) is 13.8. The minimum atomic E-state index is 0.678. The normalized spacial score (nSPS) is 18.4. The molecule has 1 aromatic carbocycles. The molecule has 1 atom stereocenters. The Morgan fingerprint density at radius 2 is 2.14 bits per heavy atom. The Morgan fingerprint density at radius 3 is 2.86 bits per heavy atom. The van der Waals surface area contributed by atoms with Gasteiger partial charge in [0.1, 0.15) is 12.4 Å². The summed E-state index contributed by atoms with van der Waals surface area (Å²) in [6, 6.07) is 7.09. The van der Waals surface area contributed by atoms with E-state index in [4.69, 9.17) is 4.74 Å². The number of hydrogen-bond donors (Lipinski definition) is 1. The number of rotatable bonds is 8. The van der Waals surface area contributed by atoms with Crippen LogP contribution in [-0.4, -0.2) is 43.7 Å². The fourth-order valence-electron chi connectivity index (χ4n) is 2.98. The van der Waals surface area contributed by atoms with E-state index >= 15 is 0 Å². The largest absolute Gasteiger partial charge is 0.492 e. The van der Waals surface area contributed by atoms with E-state index in [0.29, 0.717) is 6.04 Å². The molecular weight excluding hydrogens is 260 g/mol. The fraction of sp³-hybridized carbons (Fsp3) is 0.667. The summed E-state index contributed by atoms with van der Waals surface area (Å²) in [6.45, 7) is 11.8. The van der Waals surface area contributed by atoms with Crippen molar-refractivity contribution in [3.8, 4) is 5.75 Å². The van der Waals surface area contributed by atoms with Crippen LogP contribution >= 0.6 is 0 Å². The van der Waals surface area contributed by atoms with Gasteiger partial charge in [0.25, 0.3) is 0 Å². The van der Waals surface area contributed by atoms with Gasteiger partial charge in [0.15, 0.2) is 0 Å². The zero-order chi connectivity index (χ0) is 15.1. The summed E-state index contributed by atoms with van der Waals surface area (Å²) in [5.74, 6) is 1.03. The van der Waals surface area contributed by atoms with E-state index < -0.39 is 0 Å². The second-order valence-corrected chi connectivity index (χ2v) is 6.21. The second-order valence-electron chi connectivity index (χ2n) is 6.21. The molecule has 0 radical (unpaired) electrons. The van der Waals surface area contributed by atoms with Crippen molar-refractivity contribution in [2.45, 2.75) is 46.1 Å². The second kappa shape index (κ2) is 8.40. The van der Waals surface area contributed by atoms with Gasteiger partial charge in [-0.15, -0.1) is 0 Å². The predicted octanol–water partition coefficient (Wildman–Crippen LogP) is 3.15. The van der Waals surface area contributed by atoms with Gasteiger partial charge < -0.3 is 10.1 Å². The quantitative estimate of drug-likeness (QED) is 0.796. The summed E-state index contributed by atoms with van der Waals surface area (Å²) in [5.41, 5.74) is 2.48. The van der Waals surface area contributed by atoms with E-state index in [9.17, 15) is 0 Å². The number of nitrogens with one attached hydrogen (secondary N) is 1. The topological polar surface area (TPSA) is 24.5 Å². The molecule has 2 rings (SSSR count). The van der Waals surface area contributed by atoms with Crippen LogP contribution in [0, 0.1) is 13.8 Å². The molecule has 1 unspecified atom stereocenters. The van der Waals surface area contributed by atoms with Crippen molar-refractivity contribution in [1.29, 1.82) is 0 Å². The van der Waals surface area contributed by atoms with Gasteiger partial charge in [0.05, 0.1) is 0 Å². The van der Waals surface area contributed by atoms with Crippen molar-refractivity contribution in [2.24, 2.45) is 0 Å². The van der Waals surface area contributed by atoms with Gasteiger partial charge >= 0.3 is 0 Å². The SMILES string of the molecule is CCCN(CCOc1cc(C)ccc1C)CC1CCCN1. The third-order valence-corrected chi connectivity index (χ3v) is 4.19. The van der Waals surface area contributed by atoms with Crippen LogP contribution in [0.5, 0.6) is 5.75 Å². The number of benzene rings is 1. The summed E-state index contributed by atoms with van der Waals surface area (Å²) >= 11 is 0. The van der Waals surface area contributed by atoms with Gasteiger partial charge in [-0.2, -0.15) is 0 Å². The van der Waals surface area contributed by atoms with Gasteiger partial charge in [-0.1, -0.05) is 19.1 Å². The molecule has 0 amide bonds. The Bertz CT molecular complexity index is 427. The lowest BCUT2D eigenvalue weighted by atomic mass is 10.1. The monoisotopic (exact) mass is 290 g/mol. The number of nitrogens with zero attached hydrogens (tertiary/aromatic N) is 1. The lowest BCUT2D eigenvalue weighted by Gasteiger charge is -2.25. The third-order valence-electron chi connectivity index (χ3n) is 4.19. The molecule has 1 aliphatic rings. The fourth-order valence-corrected chi connectivity index (χ4v) is 2.98. The molecule has 0 aromatic heterocycles. The van der Waals surface area contributed by atoms with Gasteiger partial charge in [0, 0.05) is 19.1 Å². The van der Waals surface area contributed by atoms with Gasteiger partial charge in [-0.3, -0.25) is 4.90 Å². The maximum atomic E-state index is 6.00. The molecule has 1 N–H and O–H groups in total. The van der Waals surface area contributed by atoms with Gasteiger partial charge in [0.2, 0.25) is 0 Å². The Balaban J connectivity index is 1.79. The molecule has 0 bridgehead atoms. The first-order valence-electron chi connectivity index (χ1n) is 8.35. The molecule has 1 saturated heterocycles. The maximum Gasteiger partial charge on any atom is 0.122 e. The van der Waals surface area contributed by atoms with E-state index in [0.717, 1.165) is 32.0 Å². The average Bonchev–Trinajstić information content (AvgIpc) is 2.96. The molecule has 0 aliphatic carbocycles. The van der Waals surface area contributed by atoms with Crippen molar-refractivity contribution in [1.82, 2.24) is 10.2 Å². The van der Waals surface area contributed by atoms with Crippen LogP contribution in [0.2, 0.25) is 0 Å². The first-order chi connectivity index (χ1) is 10.2. The van der Waals surface area contributed by atoms with E-state index in [-0.39, 0.29) is 0 Å². The summed E-state index contributed by atoms with van der Waals surface area (Å²) in [5, 5.41) is 3.59. The Morgan fingerprint density at radius 1 is 1.29 bits per heavy atom. The molecular formula is C18H30N2O. The van der Waals surface area contributed by atoms with Crippen molar-refractivity contribution in [3.05, 3.63) is 29.3 Å². The molecule has 3 heteroatoms. The van der Waals surface area contributed by atoms with E-state index in [2.05, 4.69) is 49.2 Å². The van der Waals surface area contributed by atoms with Crippen LogP contribution in [0.3, 0.4) is 0 Å². The van der Waals surface area contributed by atoms with E-state index in [1.54, 1.807) is 0 Å². The van der Waals surface area contributed by atoms with Gasteiger partial charge in [-0.05, 0) is 63.4 Å². The Labute approximate surface area is 129 Å². The first-order valence-corrected chi connectivity index (χ1v) is 8.35. The van der Waals surface area contributed by atoms with Crippen LogP contribution in [0.15, 0.2) is 18.2 Å². The average molecular weight is 290 g/mol. The minimum Gasteiger partial charge on any atom is -0.492 e. The molecule has 0 spiro atoms. The predicted molar refractivity (Wildman–Crippen MR) is 89.2 cm³/mol. The molecule has 1 fully saturated rings. The summed E-state index contributed by atoms with van der Waals surface area (Å²) in [6.07, 6.45) is 3.85. The summed E-state index contributed by atoms with van der Waals surface area (Å²) in [7, 11) is 0.